The van der Waals surface area contributed by atoms with Crippen molar-refractivity contribution < 1.29 is 9.66 Å². The van der Waals surface area contributed by atoms with Crippen molar-refractivity contribution in [1.29, 1.82) is 0 Å². The maximum atomic E-state index is 10.8. The number of hydrogen-bond acceptors (Lipinski definition) is 4. The normalized spacial score (nSPS) is 14.1. The molecule has 0 aliphatic carbocycles. The summed E-state index contributed by atoms with van der Waals surface area (Å²) in [6.07, 6.45) is 1.42. The summed E-state index contributed by atoms with van der Waals surface area (Å²) >= 11 is 0. The van der Waals surface area contributed by atoms with Crippen molar-refractivity contribution in [2.24, 2.45) is 0 Å². The average molecular weight is 259 g/mol. The number of nitro benzene ring substituents is 1. The van der Waals surface area contributed by atoms with Crippen LogP contribution in [0.15, 0.2) is 24.3 Å². The number of aromatic nitrogens is 2. The molecular weight excluding hydrogens is 246 g/mol. The highest BCUT2D eigenvalue weighted by atomic mass is 16.6. The predicted octanol–water partition coefficient (Wildman–Crippen LogP) is 1.98. The number of benzene rings is 1. The summed E-state index contributed by atoms with van der Waals surface area (Å²) in [6, 6.07) is 6.65. The monoisotopic (exact) mass is 259 g/mol. The van der Waals surface area contributed by atoms with E-state index in [2.05, 4.69) is 10.2 Å². The zero-order chi connectivity index (χ0) is 13.2. The summed E-state index contributed by atoms with van der Waals surface area (Å²) in [5.41, 5.74) is 4.12. The number of fused-ring (bicyclic) bond motifs is 1. The Morgan fingerprint density at radius 2 is 2.37 bits per heavy atom. The molecule has 0 atom stereocenters. The fourth-order valence-corrected chi connectivity index (χ4v) is 2.29. The first-order valence-electron chi connectivity index (χ1n) is 6.10. The maximum absolute atomic E-state index is 10.8. The van der Waals surface area contributed by atoms with Gasteiger partial charge in [0.15, 0.2) is 0 Å². The van der Waals surface area contributed by atoms with Crippen molar-refractivity contribution in [3.63, 3.8) is 0 Å². The van der Waals surface area contributed by atoms with E-state index in [1.165, 1.54) is 6.07 Å². The van der Waals surface area contributed by atoms with E-state index in [1.807, 2.05) is 6.07 Å². The lowest BCUT2D eigenvalue weighted by atomic mass is 10.0. The van der Waals surface area contributed by atoms with Gasteiger partial charge >= 0.3 is 0 Å². The van der Waals surface area contributed by atoms with Crippen LogP contribution >= 0.6 is 0 Å². The van der Waals surface area contributed by atoms with Crippen molar-refractivity contribution in [1.82, 2.24) is 10.2 Å². The first kappa shape index (κ1) is 11.9. The van der Waals surface area contributed by atoms with E-state index >= 15 is 0 Å². The molecule has 0 saturated carbocycles. The molecule has 0 fully saturated rings. The summed E-state index contributed by atoms with van der Waals surface area (Å²) in [7, 11) is 0. The minimum absolute atomic E-state index is 0.109. The minimum atomic E-state index is -0.382. The highest BCUT2D eigenvalue weighted by Gasteiger charge is 2.17. The second-order valence-corrected chi connectivity index (χ2v) is 4.53. The van der Waals surface area contributed by atoms with E-state index in [0.29, 0.717) is 19.6 Å². The molecule has 0 spiro atoms. The molecule has 0 unspecified atom stereocenters. The van der Waals surface area contributed by atoms with E-state index in [0.717, 1.165) is 28.9 Å². The van der Waals surface area contributed by atoms with Gasteiger partial charge in [-0.1, -0.05) is 12.1 Å². The molecule has 1 aliphatic rings. The minimum Gasteiger partial charge on any atom is -0.376 e. The summed E-state index contributed by atoms with van der Waals surface area (Å²) < 4.78 is 5.43. The van der Waals surface area contributed by atoms with Crippen molar-refractivity contribution in [3.05, 3.63) is 56.9 Å². The molecule has 0 saturated heterocycles. The zero-order valence-electron chi connectivity index (χ0n) is 10.3. The quantitative estimate of drug-likeness (QED) is 0.675. The molecule has 1 aromatic heterocycles. The molecule has 1 aromatic carbocycles. The van der Waals surface area contributed by atoms with Gasteiger partial charge in [0.1, 0.15) is 0 Å². The smallest absolute Gasteiger partial charge is 0.269 e. The summed E-state index contributed by atoms with van der Waals surface area (Å²) in [6.45, 7) is 1.28. The topological polar surface area (TPSA) is 81.0 Å². The lowest BCUT2D eigenvalue weighted by Gasteiger charge is -2.12. The Balaban J connectivity index is 1.87. The molecule has 0 radical (unpaired) electrons. The van der Waals surface area contributed by atoms with Crippen LogP contribution in [0.3, 0.4) is 0 Å². The van der Waals surface area contributed by atoms with Crippen LogP contribution in [0.1, 0.15) is 22.5 Å². The fourth-order valence-electron chi connectivity index (χ4n) is 2.29. The van der Waals surface area contributed by atoms with Crippen molar-refractivity contribution in [2.75, 3.05) is 6.61 Å². The molecule has 6 heteroatoms. The largest absolute Gasteiger partial charge is 0.376 e. The average Bonchev–Trinajstić information content (AvgIpc) is 2.83. The van der Waals surface area contributed by atoms with Gasteiger partial charge in [0.2, 0.25) is 0 Å². The molecular formula is C13H13N3O3. The van der Waals surface area contributed by atoms with Crippen LogP contribution in [0.5, 0.6) is 0 Å². The van der Waals surface area contributed by atoms with Gasteiger partial charge in [-0.2, -0.15) is 5.10 Å². The van der Waals surface area contributed by atoms with Gasteiger partial charge in [0.25, 0.3) is 5.69 Å². The number of H-pyrrole nitrogens is 1. The first-order chi connectivity index (χ1) is 9.24. The molecule has 2 aromatic rings. The Labute approximate surface area is 109 Å². The van der Waals surface area contributed by atoms with Crippen LogP contribution < -0.4 is 0 Å². The molecule has 1 N–H and O–H groups in total. The molecule has 19 heavy (non-hydrogen) atoms. The first-order valence-corrected chi connectivity index (χ1v) is 6.10. The lowest BCUT2D eigenvalue weighted by Crippen LogP contribution is -2.09. The van der Waals surface area contributed by atoms with E-state index in [9.17, 15) is 10.1 Å². The maximum Gasteiger partial charge on any atom is 0.269 e. The number of ether oxygens (including phenoxy) is 1. The van der Waals surface area contributed by atoms with Crippen molar-refractivity contribution >= 4 is 5.69 Å². The number of nitrogens with zero attached hydrogens (tertiary/aromatic N) is 2. The fraction of sp³-hybridized carbons (Fsp3) is 0.308. The Bertz CT molecular complexity index is 621. The third-order valence-corrected chi connectivity index (χ3v) is 3.27. The van der Waals surface area contributed by atoms with Crippen molar-refractivity contribution in [3.8, 4) is 0 Å². The highest BCUT2D eigenvalue weighted by Crippen LogP contribution is 2.22. The highest BCUT2D eigenvalue weighted by molar-refractivity contribution is 5.38. The Morgan fingerprint density at radius 1 is 1.47 bits per heavy atom. The van der Waals surface area contributed by atoms with Crippen LogP contribution in [0.2, 0.25) is 0 Å². The van der Waals surface area contributed by atoms with E-state index in [4.69, 9.17) is 4.74 Å². The third-order valence-electron chi connectivity index (χ3n) is 3.27. The Kier molecular flexibility index (Phi) is 3.00. The second-order valence-electron chi connectivity index (χ2n) is 4.53. The molecule has 0 bridgehead atoms. The number of nitrogens with one attached hydrogen (secondary N) is 1. The van der Waals surface area contributed by atoms with Gasteiger partial charge in [0, 0.05) is 36.2 Å². The van der Waals surface area contributed by atoms with Crippen LogP contribution in [0.4, 0.5) is 5.69 Å². The summed E-state index contributed by atoms with van der Waals surface area (Å²) in [4.78, 5) is 10.4. The second kappa shape index (κ2) is 4.81. The van der Waals surface area contributed by atoms with Gasteiger partial charge in [-0.05, 0) is 5.56 Å². The van der Waals surface area contributed by atoms with Gasteiger partial charge in [-0.3, -0.25) is 15.2 Å². The lowest BCUT2D eigenvalue weighted by molar-refractivity contribution is -0.384. The predicted molar refractivity (Wildman–Crippen MR) is 67.9 cm³/mol. The van der Waals surface area contributed by atoms with Gasteiger partial charge in [-0.25, -0.2) is 0 Å². The van der Waals surface area contributed by atoms with Gasteiger partial charge < -0.3 is 4.74 Å². The van der Waals surface area contributed by atoms with Gasteiger partial charge in [0.05, 0.1) is 23.8 Å². The van der Waals surface area contributed by atoms with Crippen molar-refractivity contribution in [2.45, 2.75) is 19.4 Å². The Morgan fingerprint density at radius 3 is 3.21 bits per heavy atom. The Hall–Kier alpha value is -2.21. The van der Waals surface area contributed by atoms with Crippen LogP contribution in [-0.4, -0.2) is 21.7 Å². The number of hydrogen-bond donors (Lipinski definition) is 1. The van der Waals surface area contributed by atoms with Gasteiger partial charge in [-0.15, -0.1) is 0 Å². The van der Waals surface area contributed by atoms with E-state index in [-0.39, 0.29) is 10.6 Å². The number of non-ortho nitro benzene ring substituents is 1. The standard InChI is InChI=1S/C13H13N3O3/c17-16(18)10-3-1-2-9(6-10)7-13-11-8-19-5-4-12(11)14-15-13/h1-3,6H,4-5,7-8H2,(H,14,15). The SMILES string of the molecule is O=[N+]([O-])c1cccc(Cc2n[nH]c3c2COCC3)c1. The third kappa shape index (κ3) is 2.34. The number of aromatic amines is 1. The number of rotatable bonds is 3. The molecule has 0 amide bonds. The van der Waals surface area contributed by atoms with E-state index < -0.39 is 0 Å². The summed E-state index contributed by atoms with van der Waals surface area (Å²) in [5.74, 6) is 0. The zero-order valence-corrected chi connectivity index (χ0v) is 10.3. The molecule has 3 rings (SSSR count). The molecule has 1 aliphatic heterocycles. The van der Waals surface area contributed by atoms with Crippen LogP contribution in [0.25, 0.3) is 0 Å². The molecule has 2 heterocycles. The number of nitro groups is 1. The molecule has 98 valence electrons. The van der Waals surface area contributed by atoms with Crippen LogP contribution in [-0.2, 0) is 24.2 Å². The summed E-state index contributed by atoms with van der Waals surface area (Å²) in [5, 5.41) is 18.1. The van der Waals surface area contributed by atoms with E-state index in [1.54, 1.807) is 12.1 Å². The molecule has 6 nitrogen and oxygen atoms in total. The van der Waals surface area contributed by atoms with Crippen LogP contribution in [0, 0.1) is 10.1 Å².